The van der Waals surface area contributed by atoms with Crippen LogP contribution in [0.15, 0.2) is 48.5 Å². The molecule has 0 aromatic heterocycles. The van der Waals surface area contributed by atoms with E-state index in [4.69, 9.17) is 5.26 Å². The Balaban J connectivity index is 2.02. The van der Waals surface area contributed by atoms with Crippen molar-refractivity contribution in [3.63, 3.8) is 0 Å². The number of amides is 1. The average Bonchev–Trinajstić information content (AvgIpc) is 2.47. The summed E-state index contributed by atoms with van der Waals surface area (Å²) in [5, 5.41) is 11.7. The van der Waals surface area contributed by atoms with E-state index in [1.165, 1.54) is 0 Å². The van der Waals surface area contributed by atoms with Crippen LogP contribution in [0, 0.1) is 18.3 Å². The first-order valence-corrected chi connectivity index (χ1v) is 6.67. The van der Waals surface area contributed by atoms with Gasteiger partial charge >= 0.3 is 0 Å². The highest BCUT2D eigenvalue weighted by molar-refractivity contribution is 5.94. The number of anilines is 2. The third kappa shape index (κ3) is 3.83. The largest absolute Gasteiger partial charge is 0.365 e. The molecule has 2 aromatic carbocycles. The monoisotopic (exact) mass is 279 g/mol. The maximum atomic E-state index is 12.1. The quantitative estimate of drug-likeness (QED) is 0.936. The molecule has 0 bridgehead atoms. The number of para-hydroxylation sites is 1. The molecule has 0 saturated heterocycles. The van der Waals surface area contributed by atoms with Crippen molar-refractivity contribution in [1.29, 1.82) is 5.26 Å². The van der Waals surface area contributed by atoms with Gasteiger partial charge in [-0.1, -0.05) is 24.3 Å². The van der Waals surface area contributed by atoms with E-state index in [1.807, 2.05) is 43.1 Å². The minimum Gasteiger partial charge on any atom is -0.365 e. The summed E-state index contributed by atoms with van der Waals surface area (Å²) in [6.45, 7) is 2.27. The molecule has 0 aliphatic heterocycles. The molecule has 0 unspecified atom stereocenters. The lowest BCUT2D eigenvalue weighted by molar-refractivity contribution is -0.114. The van der Waals surface area contributed by atoms with Gasteiger partial charge < -0.3 is 10.2 Å². The lowest BCUT2D eigenvalue weighted by Crippen LogP contribution is -2.30. The molecule has 21 heavy (non-hydrogen) atoms. The number of nitrogens with one attached hydrogen (secondary N) is 1. The number of nitrogens with zero attached hydrogens (tertiary/aromatic N) is 2. The number of nitriles is 1. The first-order chi connectivity index (χ1) is 10.1. The zero-order valence-corrected chi connectivity index (χ0v) is 12.1. The van der Waals surface area contributed by atoms with Crippen LogP contribution in [-0.4, -0.2) is 19.5 Å². The Hall–Kier alpha value is -2.80. The SMILES string of the molecule is Cc1ccccc1N(C)CC(=O)Nc1cccc(C#N)c1. The fraction of sp³-hybridized carbons (Fsp3) is 0.176. The number of likely N-dealkylation sites (N-methyl/N-ethyl adjacent to an activating group) is 1. The Morgan fingerprint density at radius 1 is 1.24 bits per heavy atom. The first-order valence-electron chi connectivity index (χ1n) is 6.67. The highest BCUT2D eigenvalue weighted by atomic mass is 16.2. The van der Waals surface area contributed by atoms with Crippen molar-refractivity contribution in [3.8, 4) is 6.07 Å². The van der Waals surface area contributed by atoms with E-state index >= 15 is 0 Å². The summed E-state index contributed by atoms with van der Waals surface area (Å²) in [5.74, 6) is -0.115. The maximum Gasteiger partial charge on any atom is 0.243 e. The van der Waals surface area contributed by atoms with Gasteiger partial charge in [-0.25, -0.2) is 0 Å². The van der Waals surface area contributed by atoms with Gasteiger partial charge in [-0.15, -0.1) is 0 Å². The van der Waals surface area contributed by atoms with E-state index in [0.717, 1.165) is 11.3 Å². The summed E-state index contributed by atoms with van der Waals surface area (Å²) in [6.07, 6.45) is 0. The first kappa shape index (κ1) is 14.6. The van der Waals surface area contributed by atoms with E-state index in [0.29, 0.717) is 11.3 Å². The molecule has 1 N–H and O–H groups in total. The summed E-state index contributed by atoms with van der Waals surface area (Å²) in [7, 11) is 1.88. The highest BCUT2D eigenvalue weighted by Crippen LogP contribution is 2.17. The predicted molar refractivity (Wildman–Crippen MR) is 84.2 cm³/mol. The normalized spacial score (nSPS) is 9.76. The summed E-state index contributed by atoms with van der Waals surface area (Å²) >= 11 is 0. The molecule has 0 spiro atoms. The van der Waals surface area contributed by atoms with Crippen molar-refractivity contribution in [2.24, 2.45) is 0 Å². The second kappa shape index (κ2) is 6.58. The lowest BCUT2D eigenvalue weighted by atomic mass is 10.2. The summed E-state index contributed by atoms with van der Waals surface area (Å²) in [5.41, 5.74) is 3.31. The molecule has 2 rings (SSSR count). The van der Waals surface area contributed by atoms with Gasteiger partial charge in [0.25, 0.3) is 0 Å². The van der Waals surface area contributed by atoms with Gasteiger partial charge in [0.15, 0.2) is 0 Å². The van der Waals surface area contributed by atoms with E-state index in [-0.39, 0.29) is 12.5 Å². The number of rotatable bonds is 4. The number of hydrogen-bond donors (Lipinski definition) is 1. The number of carbonyl (C=O) groups excluding carboxylic acids is 1. The van der Waals surface area contributed by atoms with Gasteiger partial charge in [-0.3, -0.25) is 4.79 Å². The van der Waals surface area contributed by atoms with Crippen molar-refractivity contribution < 1.29 is 4.79 Å². The van der Waals surface area contributed by atoms with Crippen LogP contribution >= 0.6 is 0 Å². The third-order valence-corrected chi connectivity index (χ3v) is 3.18. The number of hydrogen-bond acceptors (Lipinski definition) is 3. The van der Waals surface area contributed by atoms with Gasteiger partial charge in [0.1, 0.15) is 0 Å². The number of benzene rings is 2. The van der Waals surface area contributed by atoms with Gasteiger partial charge in [0, 0.05) is 18.4 Å². The molecule has 1 amide bonds. The summed E-state index contributed by atoms with van der Waals surface area (Å²) in [6, 6.07) is 16.9. The Morgan fingerprint density at radius 2 is 2.00 bits per heavy atom. The molecule has 106 valence electrons. The van der Waals surface area contributed by atoms with Crippen LogP contribution in [0.2, 0.25) is 0 Å². The van der Waals surface area contributed by atoms with Crippen molar-refractivity contribution >= 4 is 17.3 Å². The molecule has 0 aliphatic carbocycles. The Labute approximate surface area is 124 Å². The summed E-state index contributed by atoms with van der Waals surface area (Å²) in [4.78, 5) is 14.0. The molecule has 4 nitrogen and oxygen atoms in total. The van der Waals surface area contributed by atoms with Crippen molar-refractivity contribution in [1.82, 2.24) is 0 Å². The van der Waals surface area contributed by atoms with Crippen molar-refractivity contribution in [3.05, 3.63) is 59.7 Å². The Kier molecular flexibility index (Phi) is 4.57. The van der Waals surface area contributed by atoms with Crippen LogP contribution in [0.4, 0.5) is 11.4 Å². The van der Waals surface area contributed by atoms with Crippen molar-refractivity contribution in [2.45, 2.75) is 6.92 Å². The molecule has 0 aliphatic rings. The van der Waals surface area contributed by atoms with Crippen LogP contribution in [0.1, 0.15) is 11.1 Å². The molecule has 2 aromatic rings. The van der Waals surface area contributed by atoms with E-state index in [9.17, 15) is 4.79 Å². The predicted octanol–water partition coefficient (Wildman–Crippen LogP) is 2.94. The smallest absolute Gasteiger partial charge is 0.243 e. The summed E-state index contributed by atoms with van der Waals surface area (Å²) < 4.78 is 0. The van der Waals surface area contributed by atoms with Crippen LogP contribution < -0.4 is 10.2 Å². The molecular formula is C17H17N3O. The minimum absolute atomic E-state index is 0.115. The van der Waals surface area contributed by atoms with Gasteiger partial charge in [-0.2, -0.15) is 5.26 Å². The maximum absolute atomic E-state index is 12.1. The minimum atomic E-state index is -0.115. The van der Waals surface area contributed by atoms with Crippen LogP contribution in [0.5, 0.6) is 0 Å². The molecular weight excluding hydrogens is 262 g/mol. The zero-order chi connectivity index (χ0) is 15.2. The van der Waals surface area contributed by atoms with E-state index < -0.39 is 0 Å². The van der Waals surface area contributed by atoms with Crippen LogP contribution in [-0.2, 0) is 4.79 Å². The Morgan fingerprint density at radius 3 is 2.71 bits per heavy atom. The van der Waals surface area contributed by atoms with E-state index in [2.05, 4.69) is 11.4 Å². The molecule has 0 heterocycles. The Bertz CT molecular complexity index is 688. The van der Waals surface area contributed by atoms with Crippen LogP contribution in [0.25, 0.3) is 0 Å². The van der Waals surface area contributed by atoms with Crippen molar-refractivity contribution in [2.75, 3.05) is 23.8 Å². The van der Waals surface area contributed by atoms with Gasteiger partial charge in [0.2, 0.25) is 5.91 Å². The molecule has 4 heteroatoms. The van der Waals surface area contributed by atoms with E-state index in [1.54, 1.807) is 24.3 Å². The topological polar surface area (TPSA) is 56.1 Å². The second-order valence-electron chi connectivity index (χ2n) is 4.88. The fourth-order valence-corrected chi connectivity index (χ4v) is 2.16. The molecule has 0 fully saturated rings. The molecule has 0 radical (unpaired) electrons. The van der Waals surface area contributed by atoms with Gasteiger partial charge in [0.05, 0.1) is 18.2 Å². The van der Waals surface area contributed by atoms with Crippen LogP contribution in [0.3, 0.4) is 0 Å². The average molecular weight is 279 g/mol. The molecule has 0 atom stereocenters. The number of aryl methyl sites for hydroxylation is 1. The number of carbonyl (C=O) groups is 1. The fourth-order valence-electron chi connectivity index (χ4n) is 2.16. The standard InChI is InChI=1S/C17H17N3O/c1-13-6-3-4-9-16(13)20(2)12-17(21)19-15-8-5-7-14(10-15)11-18/h3-10H,12H2,1-2H3,(H,19,21). The highest BCUT2D eigenvalue weighted by Gasteiger charge is 2.09. The zero-order valence-electron chi connectivity index (χ0n) is 12.1. The third-order valence-electron chi connectivity index (χ3n) is 3.18. The lowest BCUT2D eigenvalue weighted by Gasteiger charge is -2.20. The second-order valence-corrected chi connectivity index (χ2v) is 4.88. The van der Waals surface area contributed by atoms with Gasteiger partial charge in [-0.05, 0) is 36.8 Å². The molecule has 0 saturated carbocycles.